The van der Waals surface area contributed by atoms with Crippen LogP contribution in [0.25, 0.3) is 0 Å². The van der Waals surface area contributed by atoms with Crippen molar-refractivity contribution in [3.63, 3.8) is 0 Å². The molecule has 2 bridgehead atoms. The van der Waals surface area contributed by atoms with Crippen molar-refractivity contribution in [1.82, 2.24) is 15.1 Å². The minimum absolute atomic E-state index is 0.136. The molecule has 1 N–H and O–H groups in total. The monoisotopic (exact) mass is 437 g/mol. The molecule has 2 saturated heterocycles. The van der Waals surface area contributed by atoms with E-state index in [9.17, 15) is 14.4 Å². The molecule has 3 aliphatic heterocycles. The number of nitrogens with one attached hydrogen (secondary N) is 1. The van der Waals surface area contributed by atoms with Crippen molar-refractivity contribution in [1.29, 1.82) is 0 Å². The van der Waals surface area contributed by atoms with E-state index in [1.807, 2.05) is 18.2 Å². The highest BCUT2D eigenvalue weighted by atomic mass is 16.5. The number of benzene rings is 1. The molecule has 170 valence electrons. The van der Waals surface area contributed by atoms with Crippen LogP contribution in [0.15, 0.2) is 18.2 Å². The number of likely N-dealkylation sites (tertiary alicyclic amines) is 1. The van der Waals surface area contributed by atoms with Crippen LogP contribution in [-0.2, 0) is 16.1 Å². The number of rotatable bonds is 4. The summed E-state index contributed by atoms with van der Waals surface area (Å²) in [4.78, 5) is 40.9. The molecular weight excluding hydrogens is 406 g/mol. The SMILES string of the molecule is O=C1CCC(N2Cc3cc(O[C@@H]4CCC[C@H]4N4CC5CCC(C5)C4)ccc3C2=O)C(=O)N1. The second-order valence-electron chi connectivity index (χ2n) is 10.4. The highest BCUT2D eigenvalue weighted by Crippen LogP contribution is 2.40. The number of hydrogen-bond donors (Lipinski definition) is 1. The average molecular weight is 438 g/mol. The van der Waals surface area contributed by atoms with Gasteiger partial charge in [0.25, 0.3) is 5.91 Å². The highest BCUT2D eigenvalue weighted by molar-refractivity contribution is 6.05. The van der Waals surface area contributed by atoms with Gasteiger partial charge in [0, 0.05) is 37.7 Å². The van der Waals surface area contributed by atoms with Crippen molar-refractivity contribution >= 4 is 17.7 Å². The van der Waals surface area contributed by atoms with Crippen molar-refractivity contribution in [2.45, 2.75) is 76.1 Å². The fourth-order valence-corrected chi connectivity index (χ4v) is 6.78. The molecule has 3 amide bonds. The number of imide groups is 1. The lowest BCUT2D eigenvalue weighted by atomic mass is 9.96. The van der Waals surface area contributed by atoms with Crippen LogP contribution >= 0.6 is 0 Å². The normalized spacial score (nSPS) is 34.7. The van der Waals surface area contributed by atoms with Gasteiger partial charge in [-0.2, -0.15) is 0 Å². The number of carbonyl (C=O) groups is 3. The summed E-state index contributed by atoms with van der Waals surface area (Å²) in [6.07, 6.45) is 8.54. The molecule has 2 aliphatic carbocycles. The largest absolute Gasteiger partial charge is 0.489 e. The van der Waals surface area contributed by atoms with Crippen molar-refractivity contribution in [2.24, 2.45) is 11.8 Å². The maximum Gasteiger partial charge on any atom is 0.255 e. The number of hydrogen-bond acceptors (Lipinski definition) is 5. The maximum absolute atomic E-state index is 12.9. The zero-order valence-electron chi connectivity index (χ0n) is 18.4. The summed E-state index contributed by atoms with van der Waals surface area (Å²) in [7, 11) is 0. The van der Waals surface area contributed by atoms with E-state index in [0.717, 1.165) is 29.6 Å². The van der Waals surface area contributed by atoms with Crippen LogP contribution in [0.3, 0.4) is 0 Å². The summed E-state index contributed by atoms with van der Waals surface area (Å²) < 4.78 is 6.51. The van der Waals surface area contributed by atoms with Crippen molar-refractivity contribution in [2.75, 3.05) is 13.1 Å². The van der Waals surface area contributed by atoms with Crippen LogP contribution in [0, 0.1) is 11.8 Å². The van der Waals surface area contributed by atoms with Crippen LogP contribution < -0.4 is 10.1 Å². The summed E-state index contributed by atoms with van der Waals surface area (Å²) in [6, 6.07) is 5.64. The van der Waals surface area contributed by atoms with E-state index in [0.29, 0.717) is 24.6 Å². The van der Waals surface area contributed by atoms with Gasteiger partial charge in [0.15, 0.2) is 0 Å². The van der Waals surface area contributed by atoms with Crippen molar-refractivity contribution in [3.05, 3.63) is 29.3 Å². The molecule has 32 heavy (non-hydrogen) atoms. The Hall–Kier alpha value is -2.41. The van der Waals surface area contributed by atoms with Crippen LogP contribution in [-0.4, -0.2) is 58.8 Å². The Bertz CT molecular complexity index is 951. The molecule has 0 radical (unpaired) electrons. The Morgan fingerprint density at radius 1 is 0.969 bits per heavy atom. The molecular formula is C25H31N3O4. The third-order valence-electron chi connectivity index (χ3n) is 8.30. The van der Waals surface area contributed by atoms with E-state index in [2.05, 4.69) is 10.2 Å². The van der Waals surface area contributed by atoms with Gasteiger partial charge in [0.05, 0.1) is 0 Å². The summed E-state index contributed by atoms with van der Waals surface area (Å²) in [5.41, 5.74) is 1.54. The first kappa shape index (κ1) is 20.2. The Morgan fingerprint density at radius 3 is 2.56 bits per heavy atom. The average Bonchev–Trinajstić information content (AvgIpc) is 3.46. The Kier molecular flexibility index (Phi) is 4.97. The van der Waals surface area contributed by atoms with E-state index in [1.165, 1.54) is 45.2 Å². The molecule has 7 nitrogen and oxygen atoms in total. The summed E-state index contributed by atoms with van der Waals surface area (Å²) in [5.74, 6) is 1.79. The maximum atomic E-state index is 12.9. The lowest BCUT2D eigenvalue weighted by Gasteiger charge is -2.38. The van der Waals surface area contributed by atoms with Crippen molar-refractivity contribution in [3.8, 4) is 5.75 Å². The van der Waals surface area contributed by atoms with Crippen molar-refractivity contribution < 1.29 is 19.1 Å². The molecule has 6 rings (SSSR count). The lowest BCUT2D eigenvalue weighted by Crippen LogP contribution is -2.52. The quantitative estimate of drug-likeness (QED) is 0.733. The van der Waals surface area contributed by atoms with Crippen LogP contribution in [0.4, 0.5) is 0 Å². The van der Waals surface area contributed by atoms with Gasteiger partial charge in [0.1, 0.15) is 17.9 Å². The number of nitrogens with zero attached hydrogens (tertiary/aromatic N) is 2. The third kappa shape index (κ3) is 3.51. The summed E-state index contributed by atoms with van der Waals surface area (Å²) in [5, 5.41) is 2.36. The zero-order valence-corrected chi connectivity index (χ0v) is 18.4. The Labute approximate surface area is 188 Å². The van der Waals surface area contributed by atoms with Gasteiger partial charge in [-0.15, -0.1) is 0 Å². The molecule has 4 fully saturated rings. The van der Waals surface area contributed by atoms with Gasteiger partial charge in [0.2, 0.25) is 11.8 Å². The Morgan fingerprint density at radius 2 is 1.78 bits per heavy atom. The van der Waals surface area contributed by atoms with Gasteiger partial charge in [-0.25, -0.2) is 0 Å². The number of amides is 3. The van der Waals surface area contributed by atoms with Crippen LogP contribution in [0.5, 0.6) is 5.75 Å². The fraction of sp³-hybridized carbons (Fsp3) is 0.640. The summed E-state index contributed by atoms with van der Waals surface area (Å²) in [6.45, 7) is 2.84. The van der Waals surface area contributed by atoms with Crippen LogP contribution in [0.2, 0.25) is 0 Å². The molecule has 0 aromatic heterocycles. The standard InChI is InChI=1S/C25H31N3O4/c29-23-9-8-21(24(30)26-23)28-14-17-11-18(6-7-19(17)25(28)31)32-22-3-1-2-20(22)27-12-15-4-5-16(10-15)13-27/h6-7,11,15-16,20-22H,1-5,8-10,12-14H2,(H,26,29,30)/t15?,16?,20-,21?,22-/m1/s1. The second kappa shape index (κ2) is 7.87. The number of piperidine rings is 2. The molecule has 0 spiro atoms. The first-order valence-corrected chi connectivity index (χ1v) is 12.2. The van der Waals surface area contributed by atoms with Crippen LogP contribution in [0.1, 0.15) is 67.3 Å². The van der Waals surface area contributed by atoms with Gasteiger partial charge in [-0.1, -0.05) is 0 Å². The third-order valence-corrected chi connectivity index (χ3v) is 8.30. The highest BCUT2D eigenvalue weighted by Gasteiger charge is 2.42. The van der Waals surface area contributed by atoms with Gasteiger partial charge < -0.3 is 9.64 Å². The van der Waals surface area contributed by atoms with Gasteiger partial charge in [-0.05, 0) is 80.5 Å². The first-order valence-electron chi connectivity index (χ1n) is 12.2. The predicted octanol–water partition coefficient (Wildman–Crippen LogP) is 2.48. The number of ether oxygens (including phenoxy) is 1. The van der Waals surface area contributed by atoms with E-state index < -0.39 is 6.04 Å². The molecule has 5 atom stereocenters. The van der Waals surface area contributed by atoms with Gasteiger partial charge >= 0.3 is 0 Å². The molecule has 3 heterocycles. The molecule has 1 aromatic carbocycles. The smallest absolute Gasteiger partial charge is 0.255 e. The molecule has 5 aliphatic rings. The number of fused-ring (bicyclic) bond motifs is 3. The van der Waals surface area contributed by atoms with E-state index in [4.69, 9.17) is 4.74 Å². The van der Waals surface area contributed by atoms with E-state index in [-0.39, 0.29) is 30.2 Å². The molecule has 1 aromatic rings. The Balaban J connectivity index is 1.15. The van der Waals surface area contributed by atoms with E-state index >= 15 is 0 Å². The second-order valence-corrected chi connectivity index (χ2v) is 10.4. The lowest BCUT2D eigenvalue weighted by molar-refractivity contribution is -0.136. The summed E-state index contributed by atoms with van der Waals surface area (Å²) >= 11 is 0. The fourth-order valence-electron chi connectivity index (χ4n) is 6.78. The predicted molar refractivity (Wildman–Crippen MR) is 117 cm³/mol. The van der Waals surface area contributed by atoms with Gasteiger partial charge in [-0.3, -0.25) is 24.6 Å². The zero-order chi connectivity index (χ0) is 21.8. The topological polar surface area (TPSA) is 79.0 Å². The van der Waals surface area contributed by atoms with E-state index in [1.54, 1.807) is 4.90 Å². The minimum atomic E-state index is -0.578. The number of carbonyl (C=O) groups excluding carboxylic acids is 3. The molecule has 7 heteroatoms. The molecule has 2 saturated carbocycles. The molecule has 3 unspecified atom stereocenters. The minimum Gasteiger partial charge on any atom is -0.489 e. The first-order chi connectivity index (χ1) is 15.5.